The molecule has 1 aliphatic carbocycles. The van der Waals surface area contributed by atoms with Crippen LogP contribution in [0.3, 0.4) is 0 Å². The quantitative estimate of drug-likeness (QED) is 0.506. The minimum Gasteiger partial charge on any atom is -0.399 e. The SMILES string of the molecule is Nc1ccc([C]2c3ccccc3-c3ccccc32)cc1. The van der Waals surface area contributed by atoms with Gasteiger partial charge in [-0.3, -0.25) is 0 Å². The van der Waals surface area contributed by atoms with Crippen LogP contribution < -0.4 is 5.73 Å². The van der Waals surface area contributed by atoms with Crippen molar-refractivity contribution in [3.63, 3.8) is 0 Å². The van der Waals surface area contributed by atoms with E-state index in [0.717, 1.165) is 5.69 Å². The second-order valence-electron chi connectivity index (χ2n) is 5.09. The van der Waals surface area contributed by atoms with Gasteiger partial charge < -0.3 is 5.73 Å². The number of fused-ring (bicyclic) bond motifs is 3. The van der Waals surface area contributed by atoms with Crippen LogP contribution in [0.1, 0.15) is 16.7 Å². The van der Waals surface area contributed by atoms with E-state index in [-0.39, 0.29) is 0 Å². The van der Waals surface area contributed by atoms with E-state index in [9.17, 15) is 0 Å². The number of nitrogen functional groups attached to an aromatic ring is 1. The molecule has 1 aliphatic rings. The van der Waals surface area contributed by atoms with Gasteiger partial charge in [0.2, 0.25) is 0 Å². The topological polar surface area (TPSA) is 26.0 Å². The average Bonchev–Trinajstić information content (AvgIpc) is 2.83. The average molecular weight is 256 g/mol. The van der Waals surface area contributed by atoms with Gasteiger partial charge >= 0.3 is 0 Å². The largest absolute Gasteiger partial charge is 0.399 e. The Morgan fingerprint density at radius 3 is 1.45 bits per heavy atom. The van der Waals surface area contributed by atoms with Crippen LogP contribution in [0.2, 0.25) is 0 Å². The molecule has 0 aliphatic heterocycles. The van der Waals surface area contributed by atoms with Crippen LogP contribution in [0.25, 0.3) is 11.1 Å². The lowest BCUT2D eigenvalue weighted by Crippen LogP contribution is -2.00. The minimum absolute atomic E-state index is 0.800. The summed E-state index contributed by atoms with van der Waals surface area (Å²) in [5, 5.41) is 0. The number of rotatable bonds is 1. The third-order valence-electron chi connectivity index (χ3n) is 3.88. The van der Waals surface area contributed by atoms with Crippen molar-refractivity contribution in [3.8, 4) is 11.1 Å². The summed E-state index contributed by atoms with van der Waals surface area (Å²) >= 11 is 0. The van der Waals surface area contributed by atoms with Crippen LogP contribution in [0.5, 0.6) is 0 Å². The monoisotopic (exact) mass is 256 g/mol. The lowest BCUT2D eigenvalue weighted by atomic mass is 9.89. The maximum absolute atomic E-state index is 5.81. The van der Waals surface area contributed by atoms with Crippen LogP contribution >= 0.6 is 0 Å². The number of nitrogens with two attached hydrogens (primary N) is 1. The van der Waals surface area contributed by atoms with Gasteiger partial charge in [-0.25, -0.2) is 0 Å². The molecular weight excluding hydrogens is 242 g/mol. The second-order valence-corrected chi connectivity index (χ2v) is 5.09. The number of benzene rings is 3. The van der Waals surface area contributed by atoms with Crippen molar-refractivity contribution in [1.29, 1.82) is 0 Å². The summed E-state index contributed by atoms with van der Waals surface area (Å²) in [5.74, 6) is 1.30. The first kappa shape index (κ1) is 11.3. The van der Waals surface area contributed by atoms with Crippen LogP contribution in [-0.4, -0.2) is 0 Å². The summed E-state index contributed by atoms with van der Waals surface area (Å²) < 4.78 is 0. The Balaban J connectivity index is 1.97. The minimum atomic E-state index is 0.800. The molecule has 0 unspecified atom stereocenters. The molecule has 0 bridgehead atoms. The zero-order valence-electron chi connectivity index (χ0n) is 11.0. The van der Waals surface area contributed by atoms with E-state index in [1.807, 2.05) is 12.1 Å². The summed E-state index contributed by atoms with van der Waals surface area (Å²) in [6.45, 7) is 0. The molecule has 95 valence electrons. The summed E-state index contributed by atoms with van der Waals surface area (Å²) in [4.78, 5) is 0. The lowest BCUT2D eigenvalue weighted by molar-refractivity contribution is 1.28. The molecule has 1 nitrogen and oxygen atoms in total. The van der Waals surface area contributed by atoms with Crippen LogP contribution in [0.15, 0.2) is 72.8 Å². The molecule has 0 amide bonds. The molecule has 0 atom stereocenters. The molecule has 0 spiro atoms. The summed E-state index contributed by atoms with van der Waals surface area (Å²) in [6.07, 6.45) is 0. The Morgan fingerprint density at radius 1 is 0.500 bits per heavy atom. The van der Waals surface area contributed by atoms with Crippen molar-refractivity contribution in [3.05, 3.63) is 95.4 Å². The van der Waals surface area contributed by atoms with Gasteiger partial charge in [0.15, 0.2) is 0 Å². The third kappa shape index (κ3) is 1.56. The van der Waals surface area contributed by atoms with Gasteiger partial charge in [-0.15, -0.1) is 0 Å². The van der Waals surface area contributed by atoms with Gasteiger partial charge in [-0.2, -0.15) is 0 Å². The second kappa shape index (κ2) is 4.24. The highest BCUT2D eigenvalue weighted by molar-refractivity contribution is 5.87. The molecular formula is C19H14N. The highest BCUT2D eigenvalue weighted by Gasteiger charge is 2.29. The Hall–Kier alpha value is -2.54. The van der Waals surface area contributed by atoms with Gasteiger partial charge in [-0.1, -0.05) is 60.7 Å². The Bertz CT molecular complexity index is 726. The Kier molecular flexibility index (Phi) is 2.40. The molecule has 0 aromatic heterocycles. The lowest BCUT2D eigenvalue weighted by Gasteiger charge is -2.13. The van der Waals surface area contributed by atoms with Crippen LogP contribution in [-0.2, 0) is 0 Å². The summed E-state index contributed by atoms with van der Waals surface area (Å²) in [5.41, 5.74) is 13.1. The molecule has 20 heavy (non-hydrogen) atoms. The van der Waals surface area contributed by atoms with Crippen molar-refractivity contribution in [2.75, 3.05) is 5.73 Å². The van der Waals surface area contributed by atoms with E-state index in [1.54, 1.807) is 0 Å². The molecule has 0 heterocycles. The van der Waals surface area contributed by atoms with E-state index in [4.69, 9.17) is 5.73 Å². The highest BCUT2D eigenvalue weighted by atomic mass is 14.5. The Labute approximate surface area is 118 Å². The van der Waals surface area contributed by atoms with E-state index < -0.39 is 0 Å². The maximum Gasteiger partial charge on any atom is 0.0641 e. The van der Waals surface area contributed by atoms with Crippen LogP contribution in [0, 0.1) is 5.92 Å². The van der Waals surface area contributed by atoms with Crippen molar-refractivity contribution in [2.24, 2.45) is 0 Å². The number of hydrogen-bond donors (Lipinski definition) is 1. The smallest absolute Gasteiger partial charge is 0.0641 e. The zero-order chi connectivity index (χ0) is 13.5. The van der Waals surface area contributed by atoms with Gasteiger partial charge in [-0.05, 0) is 39.9 Å². The summed E-state index contributed by atoms with van der Waals surface area (Å²) in [6, 6.07) is 25.3. The van der Waals surface area contributed by atoms with E-state index >= 15 is 0 Å². The molecule has 3 aromatic rings. The molecule has 2 N–H and O–H groups in total. The molecule has 4 rings (SSSR count). The van der Waals surface area contributed by atoms with Crippen molar-refractivity contribution >= 4 is 5.69 Å². The first-order valence-corrected chi connectivity index (χ1v) is 6.76. The predicted molar refractivity (Wildman–Crippen MR) is 83.3 cm³/mol. The van der Waals surface area contributed by atoms with Gasteiger partial charge in [0, 0.05) is 5.69 Å². The molecule has 3 aromatic carbocycles. The fourth-order valence-corrected chi connectivity index (χ4v) is 2.98. The molecule has 1 heteroatoms. The molecule has 0 saturated heterocycles. The zero-order valence-corrected chi connectivity index (χ0v) is 11.0. The molecule has 0 fully saturated rings. The van der Waals surface area contributed by atoms with E-state index in [1.165, 1.54) is 33.7 Å². The van der Waals surface area contributed by atoms with Crippen LogP contribution in [0.4, 0.5) is 5.69 Å². The van der Waals surface area contributed by atoms with Gasteiger partial charge in [0.05, 0.1) is 5.92 Å². The van der Waals surface area contributed by atoms with Gasteiger partial charge in [0.25, 0.3) is 0 Å². The number of anilines is 1. The normalized spacial score (nSPS) is 13.0. The fraction of sp³-hybridized carbons (Fsp3) is 0. The third-order valence-corrected chi connectivity index (χ3v) is 3.88. The first-order chi connectivity index (χ1) is 9.84. The van der Waals surface area contributed by atoms with E-state index in [0.29, 0.717) is 0 Å². The highest BCUT2D eigenvalue weighted by Crippen LogP contribution is 2.46. The van der Waals surface area contributed by atoms with Crippen molar-refractivity contribution in [2.45, 2.75) is 0 Å². The molecule has 1 radical (unpaired) electrons. The fourth-order valence-electron chi connectivity index (χ4n) is 2.98. The van der Waals surface area contributed by atoms with E-state index in [2.05, 4.69) is 60.7 Å². The first-order valence-electron chi connectivity index (χ1n) is 6.76. The summed E-state index contributed by atoms with van der Waals surface area (Å²) in [7, 11) is 0. The van der Waals surface area contributed by atoms with Gasteiger partial charge in [0.1, 0.15) is 0 Å². The predicted octanol–water partition coefficient (Wildman–Crippen LogP) is 4.27. The standard InChI is InChI=1S/C19H14N/c20-14-11-9-13(10-12-14)19-17-7-3-1-5-15(17)16-6-2-4-8-18(16)19/h1-12H,20H2. The maximum atomic E-state index is 5.81. The van der Waals surface area contributed by atoms with Crippen molar-refractivity contribution in [1.82, 2.24) is 0 Å². The number of hydrogen-bond acceptors (Lipinski definition) is 1. The molecule has 0 saturated carbocycles. The Morgan fingerprint density at radius 2 is 0.950 bits per heavy atom. The van der Waals surface area contributed by atoms with Crippen molar-refractivity contribution < 1.29 is 0 Å².